The van der Waals surface area contributed by atoms with Gasteiger partial charge in [0.1, 0.15) is 22.6 Å². The monoisotopic (exact) mass is 367 g/mol. The Kier molecular flexibility index (Phi) is 4.47. The standard InChI is InChI=1S/C17H12F3NO3S/c1-9-14(16(22)23)12-7-11(4-5-13(12)24-9)25-8-10-3-2-6-21-15(10)17(18,19)20/h2-7H,8H2,1H3,(H,22,23). The molecule has 0 spiro atoms. The maximum absolute atomic E-state index is 13.0. The quantitative estimate of drug-likeness (QED) is 0.647. The van der Waals surface area contributed by atoms with Crippen molar-refractivity contribution in [3.05, 3.63) is 59.1 Å². The molecule has 2 aromatic heterocycles. The molecule has 0 aliphatic rings. The molecule has 0 atom stereocenters. The van der Waals surface area contributed by atoms with Gasteiger partial charge >= 0.3 is 12.1 Å². The molecule has 0 amide bonds. The predicted molar refractivity (Wildman–Crippen MR) is 86.7 cm³/mol. The molecule has 4 nitrogen and oxygen atoms in total. The third kappa shape index (κ3) is 3.48. The second-order valence-corrected chi connectivity index (χ2v) is 6.34. The first-order chi connectivity index (χ1) is 11.8. The summed E-state index contributed by atoms with van der Waals surface area (Å²) in [4.78, 5) is 15.4. The summed E-state index contributed by atoms with van der Waals surface area (Å²) in [5.74, 6) is -0.755. The van der Waals surface area contributed by atoms with Gasteiger partial charge in [0.15, 0.2) is 0 Å². The van der Waals surface area contributed by atoms with Gasteiger partial charge in [-0.1, -0.05) is 6.07 Å². The van der Waals surface area contributed by atoms with E-state index in [0.29, 0.717) is 15.9 Å². The van der Waals surface area contributed by atoms with Gasteiger partial charge in [-0.2, -0.15) is 13.2 Å². The van der Waals surface area contributed by atoms with Gasteiger partial charge in [-0.15, -0.1) is 11.8 Å². The van der Waals surface area contributed by atoms with E-state index in [-0.39, 0.29) is 22.6 Å². The Hall–Kier alpha value is -2.48. The minimum Gasteiger partial charge on any atom is -0.478 e. The van der Waals surface area contributed by atoms with Crippen molar-refractivity contribution in [3.8, 4) is 0 Å². The lowest BCUT2D eigenvalue weighted by Crippen LogP contribution is -2.11. The van der Waals surface area contributed by atoms with Crippen molar-refractivity contribution in [1.29, 1.82) is 0 Å². The maximum Gasteiger partial charge on any atom is 0.433 e. The van der Waals surface area contributed by atoms with Crippen molar-refractivity contribution in [3.63, 3.8) is 0 Å². The van der Waals surface area contributed by atoms with Crippen LogP contribution in [-0.4, -0.2) is 16.1 Å². The van der Waals surface area contributed by atoms with Crippen LogP contribution in [0.3, 0.4) is 0 Å². The van der Waals surface area contributed by atoms with Crippen molar-refractivity contribution in [2.75, 3.05) is 0 Å². The number of rotatable bonds is 4. The van der Waals surface area contributed by atoms with Crippen molar-refractivity contribution in [2.45, 2.75) is 23.7 Å². The zero-order valence-corrected chi connectivity index (χ0v) is 13.7. The fraction of sp³-hybridized carbons (Fsp3) is 0.176. The molecule has 0 aliphatic carbocycles. The van der Waals surface area contributed by atoms with Gasteiger partial charge in [-0.05, 0) is 36.8 Å². The van der Waals surface area contributed by atoms with Crippen LogP contribution in [0, 0.1) is 6.92 Å². The zero-order valence-electron chi connectivity index (χ0n) is 12.9. The summed E-state index contributed by atoms with van der Waals surface area (Å²) in [6, 6.07) is 7.75. The minimum atomic E-state index is -4.51. The summed E-state index contributed by atoms with van der Waals surface area (Å²) in [6.45, 7) is 1.56. The normalized spacial score (nSPS) is 11.8. The predicted octanol–water partition coefficient (Wildman–Crippen LogP) is 5.15. The first kappa shape index (κ1) is 17.3. The Morgan fingerprint density at radius 2 is 2.08 bits per heavy atom. The Bertz CT molecular complexity index is 950. The van der Waals surface area contributed by atoms with E-state index < -0.39 is 17.8 Å². The van der Waals surface area contributed by atoms with Gasteiger partial charge in [0.2, 0.25) is 0 Å². The summed E-state index contributed by atoms with van der Waals surface area (Å²) in [5.41, 5.74) is -0.345. The summed E-state index contributed by atoms with van der Waals surface area (Å²) < 4.78 is 44.3. The molecule has 0 fully saturated rings. The fourth-order valence-corrected chi connectivity index (χ4v) is 3.45. The Morgan fingerprint density at radius 3 is 2.76 bits per heavy atom. The van der Waals surface area contributed by atoms with Crippen LogP contribution in [-0.2, 0) is 11.9 Å². The number of hydrogen-bond acceptors (Lipinski definition) is 4. The highest BCUT2D eigenvalue weighted by Crippen LogP contribution is 2.35. The van der Waals surface area contributed by atoms with Crippen LogP contribution in [0.25, 0.3) is 11.0 Å². The number of carbonyl (C=O) groups is 1. The molecule has 130 valence electrons. The number of carboxylic acids is 1. The van der Waals surface area contributed by atoms with Gasteiger partial charge in [0.25, 0.3) is 0 Å². The number of carboxylic acid groups (broad SMARTS) is 1. The first-order valence-corrected chi connectivity index (χ1v) is 8.16. The van der Waals surface area contributed by atoms with Crippen LogP contribution in [0.2, 0.25) is 0 Å². The van der Waals surface area contributed by atoms with E-state index >= 15 is 0 Å². The highest BCUT2D eigenvalue weighted by molar-refractivity contribution is 7.98. The first-order valence-electron chi connectivity index (χ1n) is 7.17. The van der Waals surface area contributed by atoms with Crippen LogP contribution >= 0.6 is 11.8 Å². The van der Waals surface area contributed by atoms with Crippen LogP contribution in [0.15, 0.2) is 45.8 Å². The largest absolute Gasteiger partial charge is 0.478 e. The van der Waals surface area contributed by atoms with E-state index in [1.807, 2.05) is 0 Å². The van der Waals surface area contributed by atoms with E-state index in [1.165, 1.54) is 23.9 Å². The molecule has 1 aromatic carbocycles. The van der Waals surface area contributed by atoms with E-state index in [4.69, 9.17) is 4.42 Å². The number of pyridine rings is 1. The minimum absolute atomic E-state index is 0.0629. The number of aromatic nitrogens is 1. The Morgan fingerprint density at radius 1 is 1.32 bits per heavy atom. The molecular weight excluding hydrogens is 355 g/mol. The molecule has 0 aliphatic heterocycles. The molecular formula is C17H12F3NO3S. The third-order valence-corrected chi connectivity index (χ3v) is 4.65. The number of furan rings is 1. The average Bonchev–Trinajstić information content (AvgIpc) is 2.87. The van der Waals surface area contributed by atoms with E-state index in [0.717, 1.165) is 6.20 Å². The van der Waals surface area contributed by atoms with Crippen molar-refractivity contribution < 1.29 is 27.5 Å². The lowest BCUT2D eigenvalue weighted by Gasteiger charge is -2.11. The fourth-order valence-electron chi connectivity index (χ4n) is 2.53. The number of thioether (sulfide) groups is 1. The topological polar surface area (TPSA) is 63.3 Å². The number of benzene rings is 1. The van der Waals surface area contributed by atoms with Crippen molar-refractivity contribution >= 4 is 28.7 Å². The summed E-state index contributed by atoms with van der Waals surface area (Å²) in [7, 11) is 0. The molecule has 0 bridgehead atoms. The van der Waals surface area contributed by atoms with Gasteiger partial charge in [-0.3, -0.25) is 4.98 Å². The molecule has 0 unspecified atom stereocenters. The highest BCUT2D eigenvalue weighted by atomic mass is 32.2. The van der Waals surface area contributed by atoms with Crippen LogP contribution < -0.4 is 0 Å². The molecule has 3 aromatic rings. The second kappa shape index (κ2) is 6.44. The smallest absolute Gasteiger partial charge is 0.433 e. The van der Waals surface area contributed by atoms with Crippen LogP contribution in [0.1, 0.15) is 27.4 Å². The molecule has 0 saturated carbocycles. The van der Waals surface area contributed by atoms with Gasteiger partial charge < -0.3 is 9.52 Å². The highest BCUT2D eigenvalue weighted by Gasteiger charge is 2.34. The molecule has 2 heterocycles. The number of aryl methyl sites for hydroxylation is 1. The number of nitrogens with zero attached hydrogens (tertiary/aromatic N) is 1. The van der Waals surface area contributed by atoms with E-state index in [9.17, 15) is 23.1 Å². The third-order valence-electron chi connectivity index (χ3n) is 3.60. The average molecular weight is 367 g/mol. The van der Waals surface area contributed by atoms with Crippen LogP contribution in [0.5, 0.6) is 0 Å². The van der Waals surface area contributed by atoms with Crippen molar-refractivity contribution in [1.82, 2.24) is 4.98 Å². The lowest BCUT2D eigenvalue weighted by molar-refractivity contribution is -0.141. The Labute approximate surface area is 144 Å². The second-order valence-electron chi connectivity index (χ2n) is 5.29. The summed E-state index contributed by atoms with van der Waals surface area (Å²) >= 11 is 1.17. The van der Waals surface area contributed by atoms with Gasteiger partial charge in [0, 0.05) is 22.2 Å². The molecule has 25 heavy (non-hydrogen) atoms. The van der Waals surface area contributed by atoms with E-state index in [1.54, 1.807) is 25.1 Å². The van der Waals surface area contributed by atoms with Crippen molar-refractivity contribution in [2.24, 2.45) is 0 Å². The molecule has 0 saturated heterocycles. The van der Waals surface area contributed by atoms with Gasteiger partial charge in [0.05, 0.1) is 0 Å². The molecule has 3 rings (SSSR count). The Balaban J connectivity index is 1.90. The van der Waals surface area contributed by atoms with Gasteiger partial charge in [-0.25, -0.2) is 4.79 Å². The molecule has 8 heteroatoms. The maximum atomic E-state index is 13.0. The lowest BCUT2D eigenvalue weighted by atomic mass is 10.1. The van der Waals surface area contributed by atoms with Crippen LogP contribution in [0.4, 0.5) is 13.2 Å². The number of aromatic carboxylic acids is 1. The number of fused-ring (bicyclic) bond motifs is 1. The zero-order chi connectivity index (χ0) is 18.2. The summed E-state index contributed by atoms with van der Waals surface area (Å²) in [6.07, 6.45) is -3.41. The molecule has 1 N–H and O–H groups in total. The molecule has 0 radical (unpaired) electrons. The number of alkyl halides is 3. The number of hydrogen-bond donors (Lipinski definition) is 1. The SMILES string of the molecule is Cc1oc2ccc(SCc3cccnc3C(F)(F)F)cc2c1C(=O)O. The van der Waals surface area contributed by atoms with E-state index in [2.05, 4.69) is 4.98 Å². The summed E-state index contributed by atoms with van der Waals surface area (Å²) in [5, 5.41) is 9.71. The number of halogens is 3.